The third-order valence-corrected chi connectivity index (χ3v) is 5.23. The molecule has 1 saturated carbocycles. The van der Waals surface area contributed by atoms with E-state index in [1.807, 2.05) is 0 Å². The van der Waals surface area contributed by atoms with E-state index in [0.29, 0.717) is 18.1 Å². The fraction of sp³-hybridized carbons (Fsp3) is 0.571. The number of para-hydroxylation sites is 1. The number of nitrogens with one attached hydrogen (secondary N) is 1. The van der Waals surface area contributed by atoms with Gasteiger partial charge in [0.1, 0.15) is 0 Å². The summed E-state index contributed by atoms with van der Waals surface area (Å²) in [5.41, 5.74) is 1.51. The monoisotopic (exact) mass is 343 g/mol. The van der Waals surface area contributed by atoms with Crippen LogP contribution in [0.1, 0.15) is 20.3 Å². The van der Waals surface area contributed by atoms with Crippen LogP contribution in [-0.4, -0.2) is 18.8 Å². The lowest BCUT2D eigenvalue weighted by Crippen LogP contribution is -2.63. The van der Waals surface area contributed by atoms with Crippen molar-refractivity contribution in [3.63, 3.8) is 0 Å². The molecule has 3 atom stereocenters. The molecule has 3 rings (SSSR count). The molecule has 1 heterocycles. The predicted molar refractivity (Wildman–Crippen MR) is 78.2 cm³/mol. The van der Waals surface area contributed by atoms with E-state index < -0.39 is 0 Å². The van der Waals surface area contributed by atoms with Crippen LogP contribution in [0.25, 0.3) is 0 Å². The fourth-order valence-corrected chi connectivity index (χ4v) is 3.91. The minimum atomic E-state index is 0.250. The highest BCUT2D eigenvalue weighted by atomic mass is 127. The first-order chi connectivity index (χ1) is 8.10. The summed E-state index contributed by atoms with van der Waals surface area (Å²) in [4.78, 5) is 0. The summed E-state index contributed by atoms with van der Waals surface area (Å²) in [7, 11) is 0. The average Bonchev–Trinajstić information content (AvgIpc) is 2.74. The Balaban J connectivity index is 1.80. The largest absolute Gasteiger partial charge is 0.380 e. The number of benzene rings is 1. The lowest BCUT2D eigenvalue weighted by molar-refractivity contribution is -0.0923. The van der Waals surface area contributed by atoms with Gasteiger partial charge < -0.3 is 10.1 Å². The molecule has 2 nitrogen and oxygen atoms in total. The number of rotatable bonds is 2. The van der Waals surface area contributed by atoms with Crippen LogP contribution in [0.2, 0.25) is 0 Å². The van der Waals surface area contributed by atoms with Gasteiger partial charge in [0.25, 0.3) is 0 Å². The number of ether oxygens (including phenoxy) is 1. The maximum atomic E-state index is 5.82. The Bertz CT molecular complexity index is 432. The van der Waals surface area contributed by atoms with Crippen molar-refractivity contribution in [3.05, 3.63) is 27.8 Å². The molecule has 1 aromatic rings. The molecule has 0 radical (unpaired) electrons. The van der Waals surface area contributed by atoms with E-state index >= 15 is 0 Å². The smallest absolute Gasteiger partial charge is 0.0694 e. The summed E-state index contributed by atoms with van der Waals surface area (Å²) < 4.78 is 7.12. The Morgan fingerprint density at radius 2 is 2.12 bits per heavy atom. The SMILES string of the molecule is CC1(C)C(Nc2ccccc2I)C2CCOC21. The molecule has 1 saturated heterocycles. The second-order valence-electron chi connectivity index (χ2n) is 5.67. The van der Waals surface area contributed by atoms with Gasteiger partial charge in [-0.1, -0.05) is 26.0 Å². The van der Waals surface area contributed by atoms with Crippen molar-refractivity contribution < 1.29 is 4.74 Å². The molecule has 1 aliphatic carbocycles. The summed E-state index contributed by atoms with van der Waals surface area (Å²) in [5.74, 6) is 0.695. The minimum absolute atomic E-state index is 0.250. The first-order valence-corrected chi connectivity index (χ1v) is 7.31. The highest BCUT2D eigenvalue weighted by Gasteiger charge is 2.59. The first-order valence-electron chi connectivity index (χ1n) is 6.23. The Hall–Kier alpha value is -0.290. The molecule has 3 unspecified atom stereocenters. The van der Waals surface area contributed by atoms with Gasteiger partial charge in [0, 0.05) is 33.2 Å². The molecule has 17 heavy (non-hydrogen) atoms. The van der Waals surface area contributed by atoms with Crippen molar-refractivity contribution in [1.82, 2.24) is 0 Å². The molecule has 1 aromatic carbocycles. The number of anilines is 1. The van der Waals surface area contributed by atoms with Gasteiger partial charge in [-0.3, -0.25) is 0 Å². The van der Waals surface area contributed by atoms with Gasteiger partial charge >= 0.3 is 0 Å². The summed E-state index contributed by atoms with van der Waals surface area (Å²) in [5, 5.41) is 3.72. The molecule has 1 aliphatic heterocycles. The highest BCUT2D eigenvalue weighted by Crippen LogP contribution is 2.53. The van der Waals surface area contributed by atoms with Crippen LogP contribution in [-0.2, 0) is 4.74 Å². The molecule has 0 aromatic heterocycles. The van der Waals surface area contributed by atoms with Gasteiger partial charge in [0.05, 0.1) is 6.10 Å². The van der Waals surface area contributed by atoms with Crippen LogP contribution in [0, 0.1) is 14.9 Å². The Morgan fingerprint density at radius 1 is 1.35 bits per heavy atom. The van der Waals surface area contributed by atoms with Crippen molar-refractivity contribution in [1.29, 1.82) is 0 Å². The standard InChI is InChI=1S/C14H18INO/c1-14(2)12(9-7-8-17-13(9)14)16-11-6-4-3-5-10(11)15/h3-6,9,12-13,16H,7-8H2,1-2H3. The normalized spacial score (nSPS) is 33.9. The first kappa shape index (κ1) is 11.8. The average molecular weight is 343 g/mol. The van der Waals surface area contributed by atoms with Gasteiger partial charge in [-0.25, -0.2) is 0 Å². The third kappa shape index (κ3) is 1.78. The van der Waals surface area contributed by atoms with Gasteiger partial charge in [-0.2, -0.15) is 0 Å². The zero-order valence-electron chi connectivity index (χ0n) is 10.2. The van der Waals surface area contributed by atoms with Gasteiger partial charge in [0.2, 0.25) is 0 Å². The summed E-state index contributed by atoms with van der Waals surface area (Å²) in [6.45, 7) is 5.56. The maximum Gasteiger partial charge on any atom is 0.0694 e. The molecular formula is C14H18INO. The number of fused-ring (bicyclic) bond motifs is 1. The molecule has 2 fully saturated rings. The molecule has 2 aliphatic rings. The van der Waals surface area contributed by atoms with Gasteiger partial charge in [0.15, 0.2) is 0 Å². The van der Waals surface area contributed by atoms with Crippen LogP contribution in [0.5, 0.6) is 0 Å². The van der Waals surface area contributed by atoms with Crippen LogP contribution in [0.3, 0.4) is 0 Å². The second-order valence-corrected chi connectivity index (χ2v) is 6.83. The molecule has 0 spiro atoms. The molecule has 3 heteroatoms. The summed E-state index contributed by atoms with van der Waals surface area (Å²) >= 11 is 2.39. The lowest BCUT2D eigenvalue weighted by atomic mass is 9.57. The molecule has 1 N–H and O–H groups in total. The van der Waals surface area contributed by atoms with E-state index in [1.54, 1.807) is 0 Å². The van der Waals surface area contributed by atoms with Crippen molar-refractivity contribution in [3.8, 4) is 0 Å². The summed E-state index contributed by atoms with van der Waals surface area (Å²) in [6, 6.07) is 9.04. The highest BCUT2D eigenvalue weighted by molar-refractivity contribution is 14.1. The molecule has 0 bridgehead atoms. The van der Waals surface area contributed by atoms with Crippen LogP contribution in [0.4, 0.5) is 5.69 Å². The van der Waals surface area contributed by atoms with E-state index in [-0.39, 0.29) is 5.41 Å². The van der Waals surface area contributed by atoms with E-state index in [1.165, 1.54) is 15.7 Å². The number of hydrogen-bond acceptors (Lipinski definition) is 2. The quantitative estimate of drug-likeness (QED) is 0.830. The lowest BCUT2D eigenvalue weighted by Gasteiger charge is -2.55. The van der Waals surface area contributed by atoms with E-state index in [0.717, 1.165) is 6.61 Å². The topological polar surface area (TPSA) is 21.3 Å². The summed E-state index contributed by atoms with van der Waals surface area (Å²) in [6.07, 6.45) is 1.66. The zero-order valence-corrected chi connectivity index (χ0v) is 12.4. The zero-order chi connectivity index (χ0) is 12.0. The molecule has 92 valence electrons. The van der Waals surface area contributed by atoms with E-state index in [9.17, 15) is 0 Å². The predicted octanol–water partition coefficient (Wildman–Crippen LogP) is 3.52. The second kappa shape index (κ2) is 4.12. The Kier molecular flexibility index (Phi) is 2.86. The van der Waals surface area contributed by atoms with E-state index in [2.05, 4.69) is 66.0 Å². The third-order valence-electron chi connectivity index (χ3n) is 4.29. The van der Waals surface area contributed by atoms with Crippen molar-refractivity contribution in [2.75, 3.05) is 11.9 Å². The maximum absolute atomic E-state index is 5.82. The number of halogens is 1. The molecule has 0 amide bonds. The van der Waals surface area contributed by atoms with Gasteiger partial charge in [-0.05, 0) is 41.1 Å². The van der Waals surface area contributed by atoms with Crippen LogP contribution < -0.4 is 5.32 Å². The van der Waals surface area contributed by atoms with Crippen molar-refractivity contribution >= 4 is 28.3 Å². The number of hydrogen-bond donors (Lipinski definition) is 1. The Morgan fingerprint density at radius 3 is 2.88 bits per heavy atom. The van der Waals surface area contributed by atoms with Crippen molar-refractivity contribution in [2.45, 2.75) is 32.4 Å². The van der Waals surface area contributed by atoms with E-state index in [4.69, 9.17) is 4.74 Å². The van der Waals surface area contributed by atoms with Crippen LogP contribution in [0.15, 0.2) is 24.3 Å². The fourth-order valence-electron chi connectivity index (χ4n) is 3.36. The van der Waals surface area contributed by atoms with Crippen molar-refractivity contribution in [2.24, 2.45) is 11.3 Å². The molecular weight excluding hydrogens is 325 g/mol. The van der Waals surface area contributed by atoms with Gasteiger partial charge in [-0.15, -0.1) is 0 Å². The van der Waals surface area contributed by atoms with Crippen LogP contribution >= 0.6 is 22.6 Å². The Labute approximate surface area is 116 Å². The minimum Gasteiger partial charge on any atom is -0.380 e.